The van der Waals surface area contributed by atoms with Crippen LogP contribution in [-0.2, 0) is 21.7 Å². The first-order valence-corrected chi connectivity index (χ1v) is 12.8. The molecule has 2 aromatic rings. The van der Waals surface area contributed by atoms with Crippen LogP contribution in [0.1, 0.15) is 116 Å². The van der Waals surface area contributed by atoms with Crippen molar-refractivity contribution in [2.75, 3.05) is 6.61 Å². The third kappa shape index (κ3) is 8.44. The van der Waals surface area contributed by atoms with Crippen LogP contribution in [0.15, 0.2) is 36.9 Å². The van der Waals surface area contributed by atoms with Crippen molar-refractivity contribution in [1.29, 1.82) is 0 Å². The van der Waals surface area contributed by atoms with Crippen LogP contribution in [-0.4, -0.2) is 11.7 Å². The van der Waals surface area contributed by atoms with E-state index in [1.165, 1.54) is 22.3 Å². The van der Waals surface area contributed by atoms with Gasteiger partial charge in [-0.3, -0.25) is 0 Å². The van der Waals surface area contributed by atoms with Crippen molar-refractivity contribution in [3.05, 3.63) is 70.3 Å². The van der Waals surface area contributed by atoms with Gasteiger partial charge in [0.25, 0.3) is 0 Å². The second kappa shape index (κ2) is 10.8. The number of phenols is 1. The highest BCUT2D eigenvalue weighted by Crippen LogP contribution is 2.41. The maximum Gasteiger partial charge on any atom is 0.127 e. The van der Waals surface area contributed by atoms with Gasteiger partial charge in [-0.1, -0.05) is 131 Å². The summed E-state index contributed by atoms with van der Waals surface area (Å²) in [6.07, 6.45) is 1.80. The minimum absolute atomic E-state index is 0.0178. The van der Waals surface area contributed by atoms with Crippen molar-refractivity contribution in [2.24, 2.45) is 0 Å². The second-order valence-corrected chi connectivity index (χ2v) is 14.0. The highest BCUT2D eigenvalue weighted by molar-refractivity contribution is 5.51. The Kier molecular flexibility index (Phi) is 9.51. The lowest BCUT2D eigenvalue weighted by molar-refractivity contribution is 0.339. The van der Waals surface area contributed by atoms with Crippen LogP contribution in [0.3, 0.4) is 0 Å². The Morgan fingerprint density at radius 3 is 1.17 bits per heavy atom. The fraction of sp³-hybridized carbons (Fsp3) is 0.576. The fourth-order valence-electron chi connectivity index (χ4n) is 4.11. The van der Waals surface area contributed by atoms with E-state index in [1.54, 1.807) is 6.08 Å². The standard InChI is InChI=1S/C18H28O.C15H24O/c1-9-10-19-16-14(17(3,4)5)11-13(2)12-15(16)18(6,7)8;1-10-8-11(14(2,3)4)13(16)12(9-10)15(5,6)7/h9,11-12H,1,10H2,2-8H3;8-9,16H,1-7H3. The van der Waals surface area contributed by atoms with E-state index in [9.17, 15) is 5.11 Å². The predicted octanol–water partition coefficient (Wildman–Crippen LogP) is 9.45. The molecular formula is C33H52O2. The van der Waals surface area contributed by atoms with Crippen LogP contribution >= 0.6 is 0 Å². The summed E-state index contributed by atoms with van der Waals surface area (Å²) in [6.45, 7) is 34.7. The summed E-state index contributed by atoms with van der Waals surface area (Å²) in [7, 11) is 0. The van der Waals surface area contributed by atoms with Crippen LogP contribution in [0, 0.1) is 13.8 Å². The molecule has 2 nitrogen and oxygen atoms in total. The topological polar surface area (TPSA) is 29.5 Å². The molecule has 0 aromatic heterocycles. The number of hydrogen-bond acceptors (Lipinski definition) is 2. The summed E-state index contributed by atoms with van der Waals surface area (Å²) in [5.74, 6) is 1.50. The summed E-state index contributed by atoms with van der Waals surface area (Å²) >= 11 is 0. The van der Waals surface area contributed by atoms with Gasteiger partial charge >= 0.3 is 0 Å². The fourth-order valence-corrected chi connectivity index (χ4v) is 4.11. The molecule has 2 aromatic carbocycles. The molecule has 0 saturated carbocycles. The van der Waals surface area contributed by atoms with E-state index in [0.717, 1.165) is 16.9 Å². The zero-order chi connectivity index (χ0) is 27.6. The van der Waals surface area contributed by atoms with Crippen LogP contribution in [0.2, 0.25) is 0 Å². The quantitative estimate of drug-likeness (QED) is 0.443. The third-order valence-electron chi connectivity index (χ3n) is 6.07. The number of ether oxygens (including phenoxy) is 1. The predicted molar refractivity (Wildman–Crippen MR) is 155 cm³/mol. The normalized spacial score (nSPS) is 12.6. The SMILES string of the molecule is C=CCOc1c(C(C)(C)C)cc(C)cc1C(C)(C)C.Cc1cc(C(C)(C)C)c(O)c(C(C)(C)C)c1. The molecule has 0 aliphatic carbocycles. The van der Waals surface area contributed by atoms with E-state index in [2.05, 4.69) is 128 Å². The lowest BCUT2D eigenvalue weighted by atomic mass is 9.78. The molecule has 0 unspecified atom stereocenters. The van der Waals surface area contributed by atoms with Gasteiger partial charge in [-0.05, 0) is 46.6 Å². The first-order chi connectivity index (χ1) is 15.6. The zero-order valence-electron chi connectivity index (χ0n) is 25.2. The van der Waals surface area contributed by atoms with Crippen LogP contribution in [0.25, 0.3) is 0 Å². The molecule has 2 heteroatoms. The Hall–Kier alpha value is -2.22. The molecule has 0 bridgehead atoms. The van der Waals surface area contributed by atoms with Crippen molar-refractivity contribution in [3.63, 3.8) is 0 Å². The van der Waals surface area contributed by atoms with Gasteiger partial charge in [0.15, 0.2) is 0 Å². The van der Waals surface area contributed by atoms with Crippen molar-refractivity contribution < 1.29 is 9.84 Å². The summed E-state index contributed by atoms with van der Waals surface area (Å²) in [4.78, 5) is 0. The Labute approximate surface area is 216 Å². The van der Waals surface area contributed by atoms with E-state index in [0.29, 0.717) is 12.4 Å². The lowest BCUT2D eigenvalue weighted by Crippen LogP contribution is -2.20. The molecule has 0 aliphatic rings. The number of aromatic hydroxyl groups is 1. The molecule has 35 heavy (non-hydrogen) atoms. The van der Waals surface area contributed by atoms with Gasteiger partial charge in [0.1, 0.15) is 18.1 Å². The highest BCUT2D eigenvalue weighted by atomic mass is 16.5. The first-order valence-electron chi connectivity index (χ1n) is 12.8. The van der Waals surface area contributed by atoms with Crippen molar-refractivity contribution in [1.82, 2.24) is 0 Å². The molecule has 0 spiro atoms. The van der Waals surface area contributed by atoms with Gasteiger partial charge in [0.05, 0.1) is 0 Å². The zero-order valence-corrected chi connectivity index (χ0v) is 25.2. The van der Waals surface area contributed by atoms with E-state index < -0.39 is 0 Å². The van der Waals surface area contributed by atoms with E-state index >= 15 is 0 Å². The van der Waals surface area contributed by atoms with Crippen molar-refractivity contribution in [2.45, 2.75) is 119 Å². The van der Waals surface area contributed by atoms with Crippen LogP contribution in [0.5, 0.6) is 11.5 Å². The third-order valence-corrected chi connectivity index (χ3v) is 6.07. The van der Waals surface area contributed by atoms with E-state index in [4.69, 9.17) is 4.74 Å². The van der Waals surface area contributed by atoms with Gasteiger partial charge in [0, 0.05) is 11.1 Å². The molecule has 0 heterocycles. The first kappa shape index (κ1) is 30.8. The Morgan fingerprint density at radius 1 is 0.629 bits per heavy atom. The average molecular weight is 481 g/mol. The summed E-state index contributed by atoms with van der Waals surface area (Å²) < 4.78 is 6.01. The lowest BCUT2D eigenvalue weighted by Gasteiger charge is -2.30. The molecule has 0 aliphatic heterocycles. The van der Waals surface area contributed by atoms with Crippen LogP contribution < -0.4 is 4.74 Å². The monoisotopic (exact) mass is 480 g/mol. The minimum atomic E-state index is -0.0178. The molecule has 0 saturated heterocycles. The highest BCUT2D eigenvalue weighted by Gasteiger charge is 2.27. The summed E-state index contributed by atoms with van der Waals surface area (Å²) in [6, 6.07) is 8.66. The Bertz CT molecular complexity index is 943. The molecule has 0 amide bonds. The molecule has 0 atom stereocenters. The number of hydrogen-bond donors (Lipinski definition) is 1. The average Bonchev–Trinajstić information content (AvgIpc) is 2.65. The minimum Gasteiger partial charge on any atom is -0.507 e. The number of benzene rings is 2. The van der Waals surface area contributed by atoms with E-state index in [-0.39, 0.29) is 21.7 Å². The largest absolute Gasteiger partial charge is 0.507 e. The number of phenolic OH excluding ortho intramolecular Hbond substituents is 1. The molecular weight excluding hydrogens is 428 g/mol. The Morgan fingerprint density at radius 2 is 0.914 bits per heavy atom. The molecule has 196 valence electrons. The van der Waals surface area contributed by atoms with E-state index in [1.807, 2.05) is 0 Å². The number of rotatable bonds is 3. The van der Waals surface area contributed by atoms with Gasteiger partial charge in [-0.25, -0.2) is 0 Å². The number of aryl methyl sites for hydroxylation is 2. The maximum atomic E-state index is 10.4. The van der Waals surface area contributed by atoms with Gasteiger partial charge in [-0.2, -0.15) is 0 Å². The molecule has 1 N–H and O–H groups in total. The smallest absolute Gasteiger partial charge is 0.127 e. The summed E-state index contributed by atoms with van der Waals surface area (Å²) in [5, 5.41) is 10.4. The molecule has 0 fully saturated rings. The van der Waals surface area contributed by atoms with Gasteiger partial charge in [-0.15, -0.1) is 0 Å². The Balaban J connectivity index is 0.000000355. The summed E-state index contributed by atoms with van der Waals surface area (Å²) in [5.41, 5.74) is 7.25. The van der Waals surface area contributed by atoms with Crippen molar-refractivity contribution >= 4 is 0 Å². The van der Waals surface area contributed by atoms with Crippen LogP contribution in [0.4, 0.5) is 0 Å². The van der Waals surface area contributed by atoms with Gasteiger partial charge < -0.3 is 9.84 Å². The molecule has 0 radical (unpaired) electrons. The maximum absolute atomic E-state index is 10.4. The van der Waals surface area contributed by atoms with Gasteiger partial charge in [0.2, 0.25) is 0 Å². The molecule has 2 rings (SSSR count). The second-order valence-electron chi connectivity index (χ2n) is 14.0. The van der Waals surface area contributed by atoms with Crippen molar-refractivity contribution in [3.8, 4) is 11.5 Å².